The van der Waals surface area contributed by atoms with Crippen LogP contribution < -0.4 is 5.56 Å². The summed E-state index contributed by atoms with van der Waals surface area (Å²) in [6.07, 6.45) is 0. The highest BCUT2D eigenvalue weighted by molar-refractivity contribution is 6.03. The van der Waals surface area contributed by atoms with E-state index in [4.69, 9.17) is 9.73 Å². The molecule has 9 nitrogen and oxygen atoms in total. The van der Waals surface area contributed by atoms with E-state index in [1.807, 2.05) is 37.3 Å². The highest BCUT2D eigenvalue weighted by Crippen LogP contribution is 2.22. The number of hydrogen-bond donors (Lipinski definition) is 1. The molecular weight excluding hydrogens is 410 g/mol. The summed E-state index contributed by atoms with van der Waals surface area (Å²) in [5, 5.41) is 14.1. The Morgan fingerprint density at radius 1 is 1.12 bits per heavy atom. The lowest BCUT2D eigenvalue weighted by Crippen LogP contribution is -2.37. The maximum atomic E-state index is 13.4. The van der Waals surface area contributed by atoms with E-state index in [1.165, 1.54) is 16.8 Å². The van der Waals surface area contributed by atoms with Crippen LogP contribution in [0.25, 0.3) is 16.9 Å². The highest BCUT2D eigenvalue weighted by atomic mass is 16.6. The molecular formula is C23H25N5O4. The first-order valence-electron chi connectivity index (χ1n) is 10.5. The third kappa shape index (κ3) is 4.68. The number of nitrogens with one attached hydrogen (secondary N) is 1. The topological polar surface area (TPSA) is 106 Å². The molecule has 1 aliphatic rings. The van der Waals surface area contributed by atoms with Crippen LogP contribution in [0.1, 0.15) is 12.5 Å². The number of H-pyrrole nitrogens is 1. The minimum Gasteiger partial charge on any atom is -0.379 e. The van der Waals surface area contributed by atoms with Crippen molar-refractivity contribution < 1.29 is 9.66 Å². The number of nitro groups is 1. The normalized spacial score (nSPS) is 15.1. The second-order valence-electron chi connectivity index (χ2n) is 7.56. The number of aromatic amines is 1. The van der Waals surface area contributed by atoms with Crippen LogP contribution in [0.2, 0.25) is 0 Å². The smallest absolute Gasteiger partial charge is 0.280 e. The van der Waals surface area contributed by atoms with Gasteiger partial charge in [0.2, 0.25) is 0 Å². The second-order valence-corrected chi connectivity index (χ2v) is 7.56. The molecule has 2 heterocycles. The monoisotopic (exact) mass is 435 g/mol. The molecule has 4 rings (SSSR count). The third-order valence-corrected chi connectivity index (χ3v) is 5.50. The Kier molecular flexibility index (Phi) is 6.58. The van der Waals surface area contributed by atoms with Crippen LogP contribution >= 0.6 is 0 Å². The Hall–Kier alpha value is -3.56. The zero-order chi connectivity index (χ0) is 22.5. The van der Waals surface area contributed by atoms with Gasteiger partial charge in [0.25, 0.3) is 11.2 Å². The Morgan fingerprint density at radius 2 is 1.81 bits per heavy atom. The van der Waals surface area contributed by atoms with Crippen molar-refractivity contribution >= 4 is 11.4 Å². The maximum absolute atomic E-state index is 13.4. The molecule has 1 aliphatic heterocycles. The fourth-order valence-electron chi connectivity index (χ4n) is 3.75. The van der Waals surface area contributed by atoms with Crippen molar-refractivity contribution in [3.05, 3.63) is 80.6 Å². The predicted molar refractivity (Wildman–Crippen MR) is 123 cm³/mol. The molecule has 32 heavy (non-hydrogen) atoms. The zero-order valence-corrected chi connectivity index (χ0v) is 17.9. The number of non-ortho nitro benzene ring substituents is 1. The summed E-state index contributed by atoms with van der Waals surface area (Å²) in [6, 6.07) is 15.5. The van der Waals surface area contributed by atoms with Gasteiger partial charge in [-0.15, -0.1) is 0 Å². The van der Waals surface area contributed by atoms with Gasteiger partial charge in [-0.25, -0.2) is 4.68 Å². The Labute approximate surface area is 185 Å². The lowest BCUT2D eigenvalue weighted by atomic mass is 10.1. The zero-order valence-electron chi connectivity index (χ0n) is 17.9. The summed E-state index contributed by atoms with van der Waals surface area (Å²) in [7, 11) is 0. The van der Waals surface area contributed by atoms with Crippen molar-refractivity contribution in [1.29, 1.82) is 0 Å². The van der Waals surface area contributed by atoms with Gasteiger partial charge in [0.15, 0.2) is 0 Å². The average molecular weight is 435 g/mol. The van der Waals surface area contributed by atoms with Gasteiger partial charge < -0.3 is 4.74 Å². The molecule has 0 saturated carbocycles. The van der Waals surface area contributed by atoms with Crippen LogP contribution in [0.15, 0.2) is 64.4 Å². The summed E-state index contributed by atoms with van der Waals surface area (Å²) in [4.78, 5) is 30.9. The molecule has 0 atom stereocenters. The highest BCUT2D eigenvalue weighted by Gasteiger charge is 2.20. The van der Waals surface area contributed by atoms with Crippen molar-refractivity contribution in [3.63, 3.8) is 0 Å². The molecule has 0 radical (unpaired) electrons. The molecule has 9 heteroatoms. The lowest BCUT2D eigenvalue weighted by Gasteiger charge is -2.25. The molecule has 1 N–H and O–H groups in total. The van der Waals surface area contributed by atoms with Crippen LogP contribution in [-0.2, 0) is 4.74 Å². The van der Waals surface area contributed by atoms with E-state index < -0.39 is 4.92 Å². The Morgan fingerprint density at radius 3 is 2.47 bits per heavy atom. The molecule has 1 aromatic heterocycles. The van der Waals surface area contributed by atoms with Gasteiger partial charge in [-0.05, 0) is 19.1 Å². The van der Waals surface area contributed by atoms with Crippen molar-refractivity contribution in [1.82, 2.24) is 14.7 Å². The lowest BCUT2D eigenvalue weighted by molar-refractivity contribution is -0.384. The van der Waals surface area contributed by atoms with Gasteiger partial charge in [-0.2, -0.15) is 0 Å². The molecule has 0 bridgehead atoms. The molecule has 0 spiro atoms. The summed E-state index contributed by atoms with van der Waals surface area (Å²) >= 11 is 0. The SMILES string of the molecule is CC(=NCCN1CCOCC1)c1c(-c2ccccc2)[nH]n(-c2ccc([N+](=O)[O-])cc2)c1=O. The van der Waals surface area contributed by atoms with Crippen LogP contribution in [0, 0.1) is 10.1 Å². The molecule has 0 amide bonds. The first-order valence-corrected chi connectivity index (χ1v) is 10.5. The number of benzene rings is 2. The molecule has 0 aliphatic carbocycles. The summed E-state index contributed by atoms with van der Waals surface area (Å²) in [5.41, 5.74) is 2.92. The van der Waals surface area contributed by atoms with Crippen molar-refractivity contribution in [3.8, 4) is 16.9 Å². The van der Waals surface area contributed by atoms with E-state index in [-0.39, 0.29) is 11.2 Å². The first-order chi connectivity index (χ1) is 15.5. The van der Waals surface area contributed by atoms with Gasteiger partial charge in [0.05, 0.1) is 41.6 Å². The third-order valence-electron chi connectivity index (χ3n) is 5.50. The quantitative estimate of drug-likeness (QED) is 0.349. The predicted octanol–water partition coefficient (Wildman–Crippen LogP) is 2.88. The first kappa shape index (κ1) is 21.7. The average Bonchev–Trinajstić information content (AvgIpc) is 3.17. The fraction of sp³-hybridized carbons (Fsp3) is 0.304. The molecule has 0 unspecified atom stereocenters. The number of ether oxygens (including phenoxy) is 1. The van der Waals surface area contributed by atoms with Crippen molar-refractivity contribution in [2.45, 2.75) is 6.92 Å². The summed E-state index contributed by atoms with van der Waals surface area (Å²) in [6.45, 7) is 6.49. The van der Waals surface area contributed by atoms with Gasteiger partial charge in [0, 0.05) is 43.0 Å². The van der Waals surface area contributed by atoms with E-state index >= 15 is 0 Å². The number of morpholine rings is 1. The second kappa shape index (κ2) is 9.71. The van der Waals surface area contributed by atoms with Crippen LogP contribution in [0.3, 0.4) is 0 Å². The van der Waals surface area contributed by atoms with Crippen LogP contribution in [-0.4, -0.2) is 64.7 Å². The van der Waals surface area contributed by atoms with Crippen LogP contribution in [0.5, 0.6) is 0 Å². The number of nitro benzene ring substituents is 1. The Bertz CT molecular complexity index is 1160. The maximum Gasteiger partial charge on any atom is 0.280 e. The van der Waals surface area contributed by atoms with E-state index in [0.717, 1.165) is 38.4 Å². The van der Waals surface area contributed by atoms with E-state index in [1.54, 1.807) is 12.1 Å². The van der Waals surface area contributed by atoms with Gasteiger partial charge in [-0.3, -0.25) is 29.9 Å². The number of rotatable bonds is 7. The van der Waals surface area contributed by atoms with Crippen molar-refractivity contribution in [2.24, 2.45) is 4.99 Å². The number of aliphatic imine (C=N–C) groups is 1. The largest absolute Gasteiger partial charge is 0.379 e. The molecule has 2 aromatic carbocycles. The number of aromatic nitrogens is 2. The number of nitrogens with zero attached hydrogens (tertiary/aromatic N) is 4. The molecule has 1 fully saturated rings. The molecule has 3 aromatic rings. The number of hydrogen-bond acceptors (Lipinski definition) is 6. The minimum absolute atomic E-state index is 0.0299. The molecule has 166 valence electrons. The van der Waals surface area contributed by atoms with Gasteiger partial charge in [0.1, 0.15) is 0 Å². The van der Waals surface area contributed by atoms with E-state index in [0.29, 0.717) is 29.2 Å². The van der Waals surface area contributed by atoms with Gasteiger partial charge >= 0.3 is 0 Å². The van der Waals surface area contributed by atoms with Gasteiger partial charge in [-0.1, -0.05) is 30.3 Å². The molecule has 1 saturated heterocycles. The minimum atomic E-state index is -0.465. The standard InChI is InChI=1S/C23H25N5O4/c1-17(24-11-12-26-13-15-32-16-14-26)21-22(18-5-3-2-4-6-18)25-27(23(21)29)19-7-9-20(10-8-19)28(30)31/h2-10,25H,11-16H2,1H3. The summed E-state index contributed by atoms with van der Waals surface area (Å²) in [5.74, 6) is 0. The Balaban J connectivity index is 1.69. The van der Waals surface area contributed by atoms with Crippen LogP contribution in [0.4, 0.5) is 5.69 Å². The summed E-state index contributed by atoms with van der Waals surface area (Å²) < 4.78 is 6.78. The van der Waals surface area contributed by atoms with Crippen molar-refractivity contribution in [2.75, 3.05) is 39.4 Å². The van der Waals surface area contributed by atoms with E-state index in [9.17, 15) is 14.9 Å². The fourth-order valence-corrected chi connectivity index (χ4v) is 3.75. The van der Waals surface area contributed by atoms with E-state index in [2.05, 4.69) is 10.00 Å².